The Morgan fingerprint density at radius 2 is 1.87 bits per heavy atom. The van der Waals surface area contributed by atoms with Gasteiger partial charge in [0.05, 0.1) is 6.61 Å². The van der Waals surface area contributed by atoms with Crippen molar-refractivity contribution in [1.29, 1.82) is 0 Å². The second-order valence-electron chi connectivity index (χ2n) is 2.80. The van der Waals surface area contributed by atoms with Crippen molar-refractivity contribution in [3.63, 3.8) is 0 Å². The van der Waals surface area contributed by atoms with Crippen molar-refractivity contribution in [2.45, 2.75) is 6.42 Å². The quantitative estimate of drug-likeness (QED) is 0.613. The highest BCUT2D eigenvalue weighted by Crippen LogP contribution is 2.06. The maximum absolute atomic E-state index is 12.9. The Balaban J connectivity index is 0.000000583. The van der Waals surface area contributed by atoms with Crippen LogP contribution in [0.5, 0.6) is 0 Å². The molecule has 86 valence electrons. The fourth-order valence-corrected chi connectivity index (χ4v) is 0.964. The average molecular weight is 215 g/mol. The highest BCUT2D eigenvalue weighted by molar-refractivity contribution is 5.17. The normalized spacial score (nSPS) is 9.33. The van der Waals surface area contributed by atoms with Gasteiger partial charge in [0, 0.05) is 27.7 Å². The Hall–Kier alpha value is -0.970. The number of hydrogen-bond donors (Lipinski definition) is 1. The maximum Gasteiger partial charge on any atom is 0.126 e. The van der Waals surface area contributed by atoms with E-state index in [1.165, 1.54) is 6.07 Å². The molecule has 0 aliphatic carbocycles. The van der Waals surface area contributed by atoms with E-state index in [1.807, 2.05) is 6.07 Å². The molecular formula is C11H18FNO2. The zero-order chi connectivity index (χ0) is 11.5. The smallest absolute Gasteiger partial charge is 0.126 e. The van der Waals surface area contributed by atoms with Crippen LogP contribution in [0.25, 0.3) is 0 Å². The summed E-state index contributed by atoms with van der Waals surface area (Å²) in [4.78, 5) is 4.88. The van der Waals surface area contributed by atoms with Crippen molar-refractivity contribution in [3.8, 4) is 0 Å². The summed E-state index contributed by atoms with van der Waals surface area (Å²) in [6.07, 6.45) is 0.591. The first-order chi connectivity index (χ1) is 7.26. The Labute approximate surface area is 90.2 Å². The molecule has 1 aromatic carbocycles. The van der Waals surface area contributed by atoms with Crippen molar-refractivity contribution in [2.75, 3.05) is 27.9 Å². The molecule has 0 radical (unpaired) electrons. The second kappa shape index (κ2) is 9.58. The Bertz CT molecular complexity index is 256. The predicted molar refractivity (Wildman–Crippen MR) is 58.0 cm³/mol. The number of hydroxylamine groups is 1. The summed E-state index contributed by atoms with van der Waals surface area (Å²) in [5.41, 5.74) is 3.22. The molecule has 1 N–H and O–H groups in total. The van der Waals surface area contributed by atoms with Crippen molar-refractivity contribution >= 4 is 0 Å². The van der Waals surface area contributed by atoms with Gasteiger partial charge in [0.25, 0.3) is 0 Å². The fourth-order valence-electron chi connectivity index (χ4n) is 0.964. The third kappa shape index (κ3) is 7.02. The number of methoxy groups -OCH3 is 1. The Morgan fingerprint density at radius 1 is 1.27 bits per heavy atom. The molecule has 0 amide bonds. The molecule has 0 bridgehead atoms. The molecule has 1 rings (SSSR count). The summed E-state index contributed by atoms with van der Waals surface area (Å²) in [6.45, 7) is 0.484. The van der Waals surface area contributed by atoms with E-state index in [9.17, 15) is 4.39 Å². The number of hydrogen-bond acceptors (Lipinski definition) is 3. The molecule has 15 heavy (non-hydrogen) atoms. The summed E-state index contributed by atoms with van der Waals surface area (Å²) < 4.78 is 17.2. The average Bonchev–Trinajstić information content (AvgIpc) is 2.22. The van der Waals surface area contributed by atoms with Gasteiger partial charge in [-0.1, -0.05) is 18.2 Å². The molecule has 4 heteroatoms. The largest absolute Gasteiger partial charge is 0.388 e. The summed E-state index contributed by atoms with van der Waals surface area (Å²) in [6, 6.07) is 6.71. The molecule has 0 saturated heterocycles. The lowest BCUT2D eigenvalue weighted by Gasteiger charge is -2.02. The minimum absolute atomic E-state index is 0.169. The van der Waals surface area contributed by atoms with Crippen molar-refractivity contribution in [1.82, 2.24) is 5.48 Å². The molecule has 0 aliphatic rings. The molecule has 0 heterocycles. The third-order valence-corrected chi connectivity index (χ3v) is 1.58. The fraction of sp³-hybridized carbons (Fsp3) is 0.455. The summed E-state index contributed by atoms with van der Waals surface area (Å²) >= 11 is 0. The molecule has 0 aliphatic heterocycles. The molecule has 0 aromatic heterocycles. The van der Waals surface area contributed by atoms with E-state index in [2.05, 4.69) is 10.2 Å². The molecular weight excluding hydrogens is 197 g/mol. The zero-order valence-corrected chi connectivity index (χ0v) is 9.42. The first-order valence-electron chi connectivity index (χ1n) is 4.68. The number of ether oxygens (including phenoxy) is 1. The van der Waals surface area contributed by atoms with Crippen LogP contribution in [-0.2, 0) is 16.0 Å². The van der Waals surface area contributed by atoms with Gasteiger partial charge in [0.2, 0.25) is 0 Å². The van der Waals surface area contributed by atoms with Crippen molar-refractivity contribution < 1.29 is 14.0 Å². The minimum atomic E-state index is -0.169. The number of nitrogens with one attached hydrogen (secondary N) is 1. The van der Waals surface area contributed by atoms with Crippen LogP contribution in [0, 0.1) is 5.82 Å². The highest BCUT2D eigenvalue weighted by Gasteiger charge is 1.98. The molecule has 0 spiro atoms. The van der Waals surface area contributed by atoms with Gasteiger partial charge in [0.1, 0.15) is 5.82 Å². The van der Waals surface area contributed by atoms with Gasteiger partial charge in [-0.05, 0) is 11.6 Å². The van der Waals surface area contributed by atoms with E-state index in [1.54, 1.807) is 33.4 Å². The van der Waals surface area contributed by atoms with Crippen molar-refractivity contribution in [3.05, 3.63) is 35.6 Å². The number of benzene rings is 1. The molecule has 1 aromatic rings. The highest BCUT2D eigenvalue weighted by atomic mass is 19.1. The molecule has 3 nitrogen and oxygen atoms in total. The van der Waals surface area contributed by atoms with E-state index in [0.717, 1.165) is 0 Å². The van der Waals surface area contributed by atoms with Crippen LogP contribution in [0.2, 0.25) is 0 Å². The van der Waals surface area contributed by atoms with Crippen LogP contribution in [0.3, 0.4) is 0 Å². The van der Waals surface area contributed by atoms with Gasteiger partial charge in [0.15, 0.2) is 0 Å². The van der Waals surface area contributed by atoms with Gasteiger partial charge < -0.3 is 9.57 Å². The molecule has 0 atom stereocenters. The van der Waals surface area contributed by atoms with Gasteiger partial charge in [-0.3, -0.25) is 0 Å². The van der Waals surface area contributed by atoms with Crippen LogP contribution in [0.1, 0.15) is 5.56 Å². The molecule has 0 unspecified atom stereocenters. The van der Waals surface area contributed by atoms with E-state index in [4.69, 9.17) is 4.84 Å². The first-order valence-corrected chi connectivity index (χ1v) is 4.68. The Morgan fingerprint density at radius 3 is 2.40 bits per heavy atom. The third-order valence-electron chi connectivity index (χ3n) is 1.58. The second-order valence-corrected chi connectivity index (χ2v) is 2.80. The molecule has 0 saturated carbocycles. The summed E-state index contributed by atoms with van der Waals surface area (Å²) in [5, 5.41) is 0. The number of halogens is 1. The van der Waals surface area contributed by atoms with Crippen LogP contribution in [0.4, 0.5) is 4.39 Å². The maximum atomic E-state index is 12.9. The van der Waals surface area contributed by atoms with Gasteiger partial charge in [-0.15, -0.1) is 0 Å². The monoisotopic (exact) mass is 215 g/mol. The van der Waals surface area contributed by atoms with Crippen LogP contribution in [0.15, 0.2) is 24.3 Å². The van der Waals surface area contributed by atoms with Crippen LogP contribution in [-0.4, -0.2) is 27.9 Å². The summed E-state index contributed by atoms with van der Waals surface area (Å²) in [5.74, 6) is -0.169. The lowest BCUT2D eigenvalue weighted by Crippen LogP contribution is -2.10. The Kier molecular flexibility index (Phi) is 8.96. The SMILES string of the molecule is CNOCCc1ccccc1F.COC. The lowest BCUT2D eigenvalue weighted by molar-refractivity contribution is 0.0600. The van der Waals surface area contributed by atoms with Crippen LogP contribution < -0.4 is 5.48 Å². The minimum Gasteiger partial charge on any atom is -0.388 e. The zero-order valence-electron chi connectivity index (χ0n) is 9.42. The first kappa shape index (κ1) is 14.0. The standard InChI is InChI=1S/C9H12FNO.C2H6O/c1-11-12-7-6-8-4-2-3-5-9(8)10;1-3-2/h2-5,11H,6-7H2,1H3;1-2H3. The topological polar surface area (TPSA) is 30.5 Å². The van der Waals surface area contributed by atoms with E-state index in [-0.39, 0.29) is 5.82 Å². The summed E-state index contributed by atoms with van der Waals surface area (Å²) in [7, 11) is 4.93. The van der Waals surface area contributed by atoms with Crippen LogP contribution >= 0.6 is 0 Å². The van der Waals surface area contributed by atoms with E-state index in [0.29, 0.717) is 18.6 Å². The van der Waals surface area contributed by atoms with Gasteiger partial charge in [-0.25, -0.2) is 9.87 Å². The van der Waals surface area contributed by atoms with Gasteiger partial charge in [-0.2, -0.15) is 0 Å². The van der Waals surface area contributed by atoms with Crippen molar-refractivity contribution in [2.24, 2.45) is 0 Å². The van der Waals surface area contributed by atoms with E-state index >= 15 is 0 Å². The molecule has 0 fully saturated rings. The van der Waals surface area contributed by atoms with E-state index < -0.39 is 0 Å². The predicted octanol–water partition coefficient (Wildman–Crippen LogP) is 1.78. The van der Waals surface area contributed by atoms with Gasteiger partial charge >= 0.3 is 0 Å². The lowest BCUT2D eigenvalue weighted by atomic mass is 10.1. The number of rotatable bonds is 4.